The number of carbonyl (C=O) groups excluding carboxylic acids is 1. The van der Waals surface area contributed by atoms with E-state index in [1.807, 2.05) is 48.9 Å². The Kier molecular flexibility index (Phi) is 6.19. The normalized spacial score (nSPS) is 11.0. The number of ether oxygens (including phenoxy) is 1. The standard InChI is InChI=1S/C17H22ClN3O2/c1-13(2)21(17(22)12-23-3)11-16-19-8-9-20(16)10-14-6-4-5-7-15(14)18/h4-9,13H,10-12H2,1-3H3. The summed E-state index contributed by atoms with van der Waals surface area (Å²) in [6.45, 7) is 5.10. The van der Waals surface area contributed by atoms with Crippen molar-refractivity contribution in [2.75, 3.05) is 13.7 Å². The number of imidazole rings is 1. The number of aromatic nitrogens is 2. The second-order valence-corrected chi connectivity index (χ2v) is 6.02. The molecule has 0 fully saturated rings. The number of nitrogens with zero attached hydrogens (tertiary/aromatic N) is 3. The maximum atomic E-state index is 12.2. The minimum atomic E-state index is -0.0465. The summed E-state index contributed by atoms with van der Waals surface area (Å²) in [4.78, 5) is 18.3. The molecule has 0 unspecified atom stereocenters. The van der Waals surface area contributed by atoms with E-state index in [2.05, 4.69) is 4.98 Å². The summed E-state index contributed by atoms with van der Waals surface area (Å²) in [6, 6.07) is 7.80. The molecule has 0 radical (unpaired) electrons. The van der Waals surface area contributed by atoms with E-state index in [-0.39, 0.29) is 18.6 Å². The summed E-state index contributed by atoms with van der Waals surface area (Å²) < 4.78 is 6.97. The molecule has 0 saturated carbocycles. The molecule has 0 aliphatic carbocycles. The average molecular weight is 336 g/mol. The van der Waals surface area contributed by atoms with E-state index in [9.17, 15) is 4.79 Å². The summed E-state index contributed by atoms with van der Waals surface area (Å²) in [7, 11) is 1.52. The van der Waals surface area contributed by atoms with Crippen molar-refractivity contribution in [1.82, 2.24) is 14.5 Å². The Bertz CT molecular complexity index is 655. The van der Waals surface area contributed by atoms with Crippen LogP contribution in [0.2, 0.25) is 5.02 Å². The molecule has 0 aliphatic heterocycles. The molecular weight excluding hydrogens is 314 g/mol. The molecule has 1 aromatic carbocycles. The van der Waals surface area contributed by atoms with Crippen molar-refractivity contribution in [3.8, 4) is 0 Å². The third-order valence-electron chi connectivity index (χ3n) is 3.62. The van der Waals surface area contributed by atoms with Crippen LogP contribution in [-0.4, -0.2) is 40.1 Å². The van der Waals surface area contributed by atoms with E-state index in [4.69, 9.17) is 16.3 Å². The molecule has 2 rings (SSSR count). The maximum absolute atomic E-state index is 12.2. The van der Waals surface area contributed by atoms with Crippen molar-refractivity contribution in [2.45, 2.75) is 33.0 Å². The molecule has 1 amide bonds. The zero-order chi connectivity index (χ0) is 16.8. The van der Waals surface area contributed by atoms with Crippen molar-refractivity contribution in [3.05, 3.63) is 53.1 Å². The lowest BCUT2D eigenvalue weighted by molar-refractivity contribution is -0.137. The minimum absolute atomic E-state index is 0.0465. The summed E-state index contributed by atoms with van der Waals surface area (Å²) in [6.07, 6.45) is 3.64. The van der Waals surface area contributed by atoms with Crippen LogP contribution in [0.5, 0.6) is 0 Å². The monoisotopic (exact) mass is 335 g/mol. The number of rotatable bonds is 7. The minimum Gasteiger partial charge on any atom is -0.375 e. The largest absolute Gasteiger partial charge is 0.375 e. The first-order valence-electron chi connectivity index (χ1n) is 7.54. The Labute approximate surface area is 141 Å². The predicted octanol–water partition coefficient (Wildman–Crippen LogP) is 2.97. The quantitative estimate of drug-likeness (QED) is 0.781. The molecule has 0 aliphatic rings. The van der Waals surface area contributed by atoms with Crippen LogP contribution in [-0.2, 0) is 22.6 Å². The van der Waals surface area contributed by atoms with Crippen molar-refractivity contribution >= 4 is 17.5 Å². The van der Waals surface area contributed by atoms with Gasteiger partial charge >= 0.3 is 0 Å². The lowest BCUT2D eigenvalue weighted by Crippen LogP contribution is -2.39. The summed E-state index contributed by atoms with van der Waals surface area (Å²) in [5, 5.41) is 0.725. The topological polar surface area (TPSA) is 47.4 Å². The SMILES string of the molecule is COCC(=O)N(Cc1nccn1Cc1ccccc1Cl)C(C)C. The first kappa shape index (κ1) is 17.5. The molecule has 23 heavy (non-hydrogen) atoms. The summed E-state index contributed by atoms with van der Waals surface area (Å²) >= 11 is 6.23. The third-order valence-corrected chi connectivity index (χ3v) is 3.99. The molecule has 5 nitrogen and oxygen atoms in total. The second kappa shape index (κ2) is 8.13. The van der Waals surface area contributed by atoms with Crippen molar-refractivity contribution < 1.29 is 9.53 Å². The van der Waals surface area contributed by atoms with Crippen LogP contribution in [0.15, 0.2) is 36.7 Å². The molecule has 1 heterocycles. The molecule has 0 atom stereocenters. The molecule has 1 aromatic heterocycles. The smallest absolute Gasteiger partial charge is 0.249 e. The molecule has 0 bridgehead atoms. The van der Waals surface area contributed by atoms with Gasteiger partial charge in [0.15, 0.2) is 0 Å². The van der Waals surface area contributed by atoms with Gasteiger partial charge in [-0.3, -0.25) is 4.79 Å². The Morgan fingerprint density at radius 2 is 2.13 bits per heavy atom. The Morgan fingerprint density at radius 1 is 1.39 bits per heavy atom. The highest BCUT2D eigenvalue weighted by Gasteiger charge is 2.19. The van der Waals surface area contributed by atoms with Crippen LogP contribution in [0.3, 0.4) is 0 Å². The lowest BCUT2D eigenvalue weighted by atomic mass is 10.2. The first-order valence-corrected chi connectivity index (χ1v) is 7.92. The van der Waals surface area contributed by atoms with Crippen LogP contribution in [0.4, 0.5) is 0 Å². The zero-order valence-corrected chi connectivity index (χ0v) is 14.5. The lowest BCUT2D eigenvalue weighted by Gasteiger charge is -2.26. The van der Waals surface area contributed by atoms with E-state index < -0.39 is 0 Å². The molecule has 124 valence electrons. The fourth-order valence-corrected chi connectivity index (χ4v) is 2.56. The van der Waals surface area contributed by atoms with Crippen LogP contribution < -0.4 is 0 Å². The fourth-order valence-electron chi connectivity index (χ4n) is 2.36. The Hall–Kier alpha value is -1.85. The van der Waals surface area contributed by atoms with Gasteiger partial charge in [-0.1, -0.05) is 29.8 Å². The van der Waals surface area contributed by atoms with Gasteiger partial charge in [-0.05, 0) is 25.5 Å². The van der Waals surface area contributed by atoms with E-state index in [1.165, 1.54) is 7.11 Å². The molecule has 6 heteroatoms. The van der Waals surface area contributed by atoms with E-state index >= 15 is 0 Å². The number of methoxy groups -OCH3 is 1. The number of hydrogen-bond donors (Lipinski definition) is 0. The van der Waals surface area contributed by atoms with Gasteiger partial charge in [0.25, 0.3) is 0 Å². The van der Waals surface area contributed by atoms with Crippen LogP contribution in [0, 0.1) is 0 Å². The molecular formula is C17H22ClN3O2. The number of halogens is 1. The molecule has 2 aromatic rings. The van der Waals surface area contributed by atoms with Gasteiger partial charge in [0.05, 0.1) is 13.1 Å². The second-order valence-electron chi connectivity index (χ2n) is 5.61. The van der Waals surface area contributed by atoms with E-state index in [1.54, 1.807) is 11.1 Å². The Morgan fingerprint density at radius 3 is 2.78 bits per heavy atom. The highest BCUT2D eigenvalue weighted by Crippen LogP contribution is 2.17. The number of benzene rings is 1. The highest BCUT2D eigenvalue weighted by molar-refractivity contribution is 6.31. The van der Waals surface area contributed by atoms with Crippen LogP contribution >= 0.6 is 11.6 Å². The van der Waals surface area contributed by atoms with E-state index in [0.29, 0.717) is 13.1 Å². The average Bonchev–Trinajstić information content (AvgIpc) is 2.94. The molecule has 0 spiro atoms. The zero-order valence-electron chi connectivity index (χ0n) is 13.7. The maximum Gasteiger partial charge on any atom is 0.249 e. The number of amides is 1. The van der Waals surface area contributed by atoms with Crippen molar-refractivity contribution in [3.63, 3.8) is 0 Å². The number of carbonyl (C=O) groups is 1. The highest BCUT2D eigenvalue weighted by atomic mass is 35.5. The van der Waals surface area contributed by atoms with Gasteiger partial charge in [0.2, 0.25) is 5.91 Å². The van der Waals surface area contributed by atoms with Crippen LogP contribution in [0.1, 0.15) is 25.2 Å². The van der Waals surface area contributed by atoms with Gasteiger partial charge in [-0.15, -0.1) is 0 Å². The van der Waals surface area contributed by atoms with Gasteiger partial charge in [0, 0.05) is 30.6 Å². The van der Waals surface area contributed by atoms with Gasteiger partial charge in [-0.2, -0.15) is 0 Å². The van der Waals surface area contributed by atoms with E-state index in [0.717, 1.165) is 16.4 Å². The Balaban J connectivity index is 2.16. The fraction of sp³-hybridized carbons (Fsp3) is 0.412. The van der Waals surface area contributed by atoms with Gasteiger partial charge in [0.1, 0.15) is 12.4 Å². The summed E-state index contributed by atoms with van der Waals surface area (Å²) in [5.41, 5.74) is 1.02. The van der Waals surface area contributed by atoms with Gasteiger partial charge < -0.3 is 14.2 Å². The van der Waals surface area contributed by atoms with Gasteiger partial charge in [-0.25, -0.2) is 4.98 Å². The molecule has 0 saturated heterocycles. The summed E-state index contributed by atoms with van der Waals surface area (Å²) in [5.74, 6) is 0.776. The van der Waals surface area contributed by atoms with Crippen molar-refractivity contribution in [1.29, 1.82) is 0 Å². The third kappa shape index (κ3) is 4.56. The van der Waals surface area contributed by atoms with Crippen LogP contribution in [0.25, 0.3) is 0 Å². The number of hydrogen-bond acceptors (Lipinski definition) is 3. The van der Waals surface area contributed by atoms with Crippen molar-refractivity contribution in [2.24, 2.45) is 0 Å². The molecule has 0 N–H and O–H groups in total. The first-order chi connectivity index (χ1) is 11.0. The predicted molar refractivity (Wildman–Crippen MR) is 90.3 cm³/mol.